The Morgan fingerprint density at radius 2 is 1.88 bits per heavy atom. The molecule has 1 unspecified atom stereocenters. The number of nitrogens with zero attached hydrogens (tertiary/aromatic N) is 4. The highest BCUT2D eigenvalue weighted by Crippen LogP contribution is 2.32. The minimum absolute atomic E-state index is 0.157. The second-order valence-corrected chi connectivity index (χ2v) is 7.55. The molecule has 1 aliphatic rings. The summed E-state index contributed by atoms with van der Waals surface area (Å²) in [7, 11) is 0. The number of rotatable bonds is 6. The fourth-order valence-corrected chi connectivity index (χ4v) is 3.84. The van der Waals surface area contributed by atoms with E-state index in [1.807, 2.05) is 13.0 Å². The molecular formula is C22H23F3N4O3. The van der Waals surface area contributed by atoms with E-state index in [-0.39, 0.29) is 18.4 Å². The molecule has 3 heterocycles. The van der Waals surface area contributed by atoms with Gasteiger partial charge in [-0.25, -0.2) is 0 Å². The van der Waals surface area contributed by atoms with Gasteiger partial charge in [0, 0.05) is 25.2 Å². The maximum absolute atomic E-state index is 13.1. The molecule has 1 atom stereocenters. The molecule has 0 spiro atoms. The lowest BCUT2D eigenvalue weighted by atomic mass is 9.97. The van der Waals surface area contributed by atoms with Crippen LogP contribution in [0.15, 0.2) is 42.6 Å². The molecule has 2 aromatic heterocycles. The van der Waals surface area contributed by atoms with E-state index in [0.717, 1.165) is 12.3 Å². The third-order valence-electron chi connectivity index (χ3n) is 5.40. The highest BCUT2D eigenvalue weighted by molar-refractivity contribution is 5.78. The van der Waals surface area contributed by atoms with Crippen LogP contribution < -0.4 is 9.47 Å². The van der Waals surface area contributed by atoms with Crippen LogP contribution in [0.4, 0.5) is 13.2 Å². The molecule has 4 rings (SSSR count). The van der Waals surface area contributed by atoms with Crippen molar-refractivity contribution in [1.29, 1.82) is 0 Å². The van der Waals surface area contributed by atoms with Crippen LogP contribution in [0.3, 0.4) is 0 Å². The van der Waals surface area contributed by atoms with E-state index >= 15 is 0 Å². The highest BCUT2D eigenvalue weighted by atomic mass is 19.4. The van der Waals surface area contributed by atoms with Crippen LogP contribution in [0.5, 0.6) is 11.5 Å². The molecule has 1 aromatic carbocycles. The van der Waals surface area contributed by atoms with Gasteiger partial charge < -0.3 is 14.4 Å². The molecule has 0 saturated carbocycles. The number of carbonyl (C=O) groups excluding carboxylic acids is 1. The summed E-state index contributed by atoms with van der Waals surface area (Å²) in [6.07, 6.45) is -2.03. The minimum atomic E-state index is -4.46. The Kier molecular flexibility index (Phi) is 6.20. The molecule has 170 valence electrons. The number of pyridine rings is 1. The van der Waals surface area contributed by atoms with Gasteiger partial charge in [-0.15, -0.1) is 10.2 Å². The van der Waals surface area contributed by atoms with Gasteiger partial charge in [-0.2, -0.15) is 13.2 Å². The molecule has 1 amide bonds. The van der Waals surface area contributed by atoms with Crippen molar-refractivity contribution in [2.45, 2.75) is 31.9 Å². The van der Waals surface area contributed by atoms with E-state index in [1.165, 1.54) is 10.5 Å². The zero-order valence-electron chi connectivity index (χ0n) is 17.5. The highest BCUT2D eigenvalue weighted by Gasteiger charge is 2.33. The van der Waals surface area contributed by atoms with E-state index in [9.17, 15) is 18.0 Å². The van der Waals surface area contributed by atoms with Gasteiger partial charge in [0.15, 0.2) is 23.8 Å². The van der Waals surface area contributed by atoms with Crippen LogP contribution in [0.25, 0.3) is 5.65 Å². The maximum Gasteiger partial charge on any atom is 0.417 e. The number of piperidine rings is 1. The summed E-state index contributed by atoms with van der Waals surface area (Å²) >= 11 is 0. The molecule has 32 heavy (non-hydrogen) atoms. The Bertz CT molecular complexity index is 1100. The molecule has 10 heteroatoms. The van der Waals surface area contributed by atoms with Gasteiger partial charge in [0.2, 0.25) is 0 Å². The van der Waals surface area contributed by atoms with Crippen molar-refractivity contribution in [2.24, 2.45) is 0 Å². The maximum atomic E-state index is 13.1. The van der Waals surface area contributed by atoms with Crippen molar-refractivity contribution in [3.8, 4) is 11.5 Å². The molecule has 0 aliphatic carbocycles. The Labute approximate surface area is 182 Å². The smallest absolute Gasteiger partial charge is 0.417 e. The molecule has 0 radical (unpaired) electrons. The second-order valence-electron chi connectivity index (χ2n) is 7.55. The molecule has 1 aliphatic heterocycles. The predicted octanol–water partition coefficient (Wildman–Crippen LogP) is 3.93. The monoisotopic (exact) mass is 448 g/mol. The first-order chi connectivity index (χ1) is 15.4. The number of halogens is 3. The van der Waals surface area contributed by atoms with Gasteiger partial charge in [-0.1, -0.05) is 12.1 Å². The molecule has 7 nitrogen and oxygen atoms in total. The number of benzene rings is 1. The molecule has 3 aromatic rings. The van der Waals surface area contributed by atoms with Crippen molar-refractivity contribution >= 4 is 11.6 Å². The molecule has 1 saturated heterocycles. The van der Waals surface area contributed by atoms with E-state index in [0.29, 0.717) is 55.5 Å². The largest absolute Gasteiger partial charge is 0.490 e. The minimum Gasteiger partial charge on any atom is -0.490 e. The van der Waals surface area contributed by atoms with Crippen LogP contribution in [0.1, 0.15) is 37.1 Å². The third kappa shape index (κ3) is 4.63. The standard InChI is InChI=1S/C22H23F3N4O3/c1-2-31-17-7-3-4-8-18(17)32-14-20(30)28-11-5-6-15(12-28)21-27-26-19-10-9-16(13-29(19)21)22(23,24)25/h3-4,7-10,13,15H,2,5-6,11-12,14H2,1H3. The number of likely N-dealkylation sites (tertiary alicyclic amines) is 1. The number of ether oxygens (including phenoxy) is 2. The summed E-state index contributed by atoms with van der Waals surface area (Å²) in [5.74, 6) is 1.05. The van der Waals surface area contributed by atoms with Crippen molar-refractivity contribution in [3.63, 3.8) is 0 Å². The number of para-hydroxylation sites is 2. The zero-order valence-corrected chi connectivity index (χ0v) is 17.5. The summed E-state index contributed by atoms with van der Waals surface area (Å²) in [5.41, 5.74) is -0.427. The first-order valence-corrected chi connectivity index (χ1v) is 10.4. The number of carbonyl (C=O) groups is 1. The lowest BCUT2D eigenvalue weighted by Gasteiger charge is -2.32. The lowest BCUT2D eigenvalue weighted by Crippen LogP contribution is -2.42. The fourth-order valence-electron chi connectivity index (χ4n) is 3.84. The van der Waals surface area contributed by atoms with Gasteiger partial charge in [0.05, 0.1) is 12.2 Å². The Balaban J connectivity index is 1.46. The number of hydrogen-bond acceptors (Lipinski definition) is 5. The van der Waals surface area contributed by atoms with Gasteiger partial charge in [0.1, 0.15) is 5.82 Å². The topological polar surface area (TPSA) is 69.0 Å². The summed E-state index contributed by atoms with van der Waals surface area (Å²) < 4.78 is 52.0. The van der Waals surface area contributed by atoms with Crippen molar-refractivity contribution in [3.05, 3.63) is 54.0 Å². The van der Waals surface area contributed by atoms with Gasteiger partial charge in [0.25, 0.3) is 5.91 Å². The zero-order chi connectivity index (χ0) is 22.7. The van der Waals surface area contributed by atoms with Crippen molar-refractivity contribution in [2.75, 3.05) is 26.3 Å². The van der Waals surface area contributed by atoms with Gasteiger partial charge in [-0.05, 0) is 44.0 Å². The number of alkyl halides is 3. The average molecular weight is 448 g/mol. The second kappa shape index (κ2) is 9.05. The summed E-state index contributed by atoms with van der Waals surface area (Å²) in [6.45, 7) is 3.07. The van der Waals surface area contributed by atoms with Crippen LogP contribution in [-0.2, 0) is 11.0 Å². The van der Waals surface area contributed by atoms with Crippen molar-refractivity contribution < 1.29 is 27.4 Å². The first-order valence-electron chi connectivity index (χ1n) is 10.4. The fraction of sp³-hybridized carbons (Fsp3) is 0.409. The van der Waals surface area contributed by atoms with Crippen LogP contribution >= 0.6 is 0 Å². The van der Waals surface area contributed by atoms with E-state index in [2.05, 4.69) is 10.2 Å². The Morgan fingerprint density at radius 3 is 2.59 bits per heavy atom. The van der Waals surface area contributed by atoms with E-state index in [1.54, 1.807) is 23.1 Å². The Morgan fingerprint density at radius 1 is 1.12 bits per heavy atom. The number of fused-ring (bicyclic) bond motifs is 1. The van der Waals surface area contributed by atoms with Crippen LogP contribution in [-0.4, -0.2) is 51.7 Å². The molecule has 0 N–H and O–H groups in total. The number of amides is 1. The molecule has 1 fully saturated rings. The summed E-state index contributed by atoms with van der Waals surface area (Å²) in [5, 5.41) is 8.12. The summed E-state index contributed by atoms with van der Waals surface area (Å²) in [4.78, 5) is 14.4. The van der Waals surface area contributed by atoms with Crippen LogP contribution in [0.2, 0.25) is 0 Å². The normalized spacial score (nSPS) is 16.9. The Hall–Kier alpha value is -3.30. The third-order valence-corrected chi connectivity index (χ3v) is 5.40. The lowest BCUT2D eigenvalue weighted by molar-refractivity contribution is -0.138. The predicted molar refractivity (Wildman–Crippen MR) is 110 cm³/mol. The van der Waals surface area contributed by atoms with E-state index < -0.39 is 11.7 Å². The molecule has 0 bridgehead atoms. The van der Waals surface area contributed by atoms with Crippen LogP contribution in [0, 0.1) is 0 Å². The SMILES string of the molecule is CCOc1ccccc1OCC(=O)N1CCCC(c2nnc3ccc(C(F)(F)F)cn23)C1. The van der Waals surface area contributed by atoms with E-state index in [4.69, 9.17) is 9.47 Å². The quantitative estimate of drug-likeness (QED) is 0.572. The first kappa shape index (κ1) is 21.9. The number of hydrogen-bond donors (Lipinski definition) is 0. The average Bonchev–Trinajstić information content (AvgIpc) is 3.21. The van der Waals surface area contributed by atoms with Gasteiger partial charge >= 0.3 is 6.18 Å². The van der Waals surface area contributed by atoms with Crippen molar-refractivity contribution in [1.82, 2.24) is 19.5 Å². The molecular weight excluding hydrogens is 425 g/mol. The number of aromatic nitrogens is 3. The van der Waals surface area contributed by atoms with Gasteiger partial charge in [-0.3, -0.25) is 9.20 Å². The summed E-state index contributed by atoms with van der Waals surface area (Å²) in [6, 6.07) is 9.41.